The van der Waals surface area contributed by atoms with Crippen LogP contribution in [0.15, 0.2) is 47.5 Å². The number of nitrogens with zero attached hydrogens (tertiary/aromatic N) is 3. The molecular formula is C11H10N4S. The molecule has 3 rings (SSSR count). The van der Waals surface area contributed by atoms with Gasteiger partial charge in [-0.3, -0.25) is 9.97 Å². The molecule has 16 heavy (non-hydrogen) atoms. The molecule has 0 unspecified atom stereocenters. The molecule has 0 amide bonds. The van der Waals surface area contributed by atoms with E-state index in [9.17, 15) is 0 Å². The summed E-state index contributed by atoms with van der Waals surface area (Å²) >= 11 is 1.60. The highest BCUT2D eigenvalue weighted by molar-refractivity contribution is 7.07. The number of benzene rings is 1. The van der Waals surface area contributed by atoms with Crippen LogP contribution in [0.4, 0.5) is 5.82 Å². The Kier molecular flexibility index (Phi) is 3.40. The predicted octanol–water partition coefficient (Wildman–Crippen LogP) is 2.36. The zero-order valence-corrected chi connectivity index (χ0v) is 9.26. The molecule has 0 atom stereocenters. The number of para-hydroxylation sites is 2. The zero-order chi connectivity index (χ0) is 11.2. The van der Waals surface area contributed by atoms with E-state index in [0.717, 1.165) is 11.0 Å². The lowest BCUT2D eigenvalue weighted by Gasteiger charge is -1.94. The molecule has 3 aromatic rings. The second-order valence-corrected chi connectivity index (χ2v) is 3.71. The van der Waals surface area contributed by atoms with Crippen LogP contribution in [0.5, 0.6) is 0 Å². The molecule has 2 N–H and O–H groups in total. The van der Waals surface area contributed by atoms with Crippen molar-refractivity contribution < 1.29 is 0 Å². The van der Waals surface area contributed by atoms with Crippen molar-refractivity contribution in [1.29, 1.82) is 0 Å². The summed E-state index contributed by atoms with van der Waals surface area (Å²) < 4.78 is 0. The van der Waals surface area contributed by atoms with Gasteiger partial charge in [0.15, 0.2) is 0 Å². The van der Waals surface area contributed by atoms with Gasteiger partial charge in [-0.25, -0.2) is 4.98 Å². The minimum absolute atomic E-state index is 0.462. The molecule has 0 spiro atoms. The highest BCUT2D eigenvalue weighted by Crippen LogP contribution is 2.08. The Balaban J connectivity index is 0.000000162. The topological polar surface area (TPSA) is 64.7 Å². The van der Waals surface area contributed by atoms with E-state index < -0.39 is 0 Å². The molecule has 0 aliphatic heterocycles. The Morgan fingerprint density at radius 2 is 1.94 bits per heavy atom. The van der Waals surface area contributed by atoms with Gasteiger partial charge >= 0.3 is 0 Å². The minimum Gasteiger partial charge on any atom is -0.382 e. The van der Waals surface area contributed by atoms with Crippen LogP contribution in [0.3, 0.4) is 0 Å². The molecule has 4 nitrogen and oxygen atoms in total. The van der Waals surface area contributed by atoms with Gasteiger partial charge in [0.1, 0.15) is 5.82 Å². The van der Waals surface area contributed by atoms with E-state index in [0.29, 0.717) is 5.82 Å². The summed E-state index contributed by atoms with van der Waals surface area (Å²) in [5, 5.41) is 1.93. The first-order chi connectivity index (χ1) is 7.86. The lowest BCUT2D eigenvalue weighted by atomic mass is 10.3. The van der Waals surface area contributed by atoms with Crippen LogP contribution in [-0.2, 0) is 0 Å². The third-order valence-corrected chi connectivity index (χ3v) is 2.34. The second-order valence-electron chi connectivity index (χ2n) is 2.96. The van der Waals surface area contributed by atoms with Crippen LogP contribution in [0.25, 0.3) is 11.0 Å². The lowest BCUT2D eigenvalue weighted by molar-refractivity contribution is 1.30. The maximum atomic E-state index is 5.45. The van der Waals surface area contributed by atoms with E-state index in [1.807, 2.05) is 29.6 Å². The minimum atomic E-state index is 0.462. The molecule has 0 saturated carbocycles. The third kappa shape index (κ3) is 2.74. The molecule has 80 valence electrons. The standard InChI is InChI=1S/C8H7N3.C3H3NS/c9-8-5-10-6-3-1-2-4-7(6)11-8;1-2-5-3-4-1/h1-5H,(H2,9,11);1-3H. The summed E-state index contributed by atoms with van der Waals surface area (Å²) in [4.78, 5) is 11.9. The average molecular weight is 230 g/mol. The number of anilines is 1. The predicted molar refractivity (Wildman–Crippen MR) is 66.1 cm³/mol. The van der Waals surface area contributed by atoms with Crippen molar-refractivity contribution in [3.05, 3.63) is 47.5 Å². The summed E-state index contributed by atoms with van der Waals surface area (Å²) in [6, 6.07) is 7.63. The van der Waals surface area contributed by atoms with Gasteiger partial charge < -0.3 is 5.73 Å². The maximum absolute atomic E-state index is 5.45. The van der Waals surface area contributed by atoms with Crippen molar-refractivity contribution in [1.82, 2.24) is 15.0 Å². The number of nitrogen functional groups attached to an aromatic ring is 1. The summed E-state index contributed by atoms with van der Waals surface area (Å²) in [6.45, 7) is 0. The number of hydrogen-bond acceptors (Lipinski definition) is 5. The molecule has 5 heteroatoms. The number of rotatable bonds is 0. The van der Waals surface area contributed by atoms with Crippen molar-refractivity contribution in [2.24, 2.45) is 0 Å². The van der Waals surface area contributed by atoms with Crippen molar-refractivity contribution in [2.45, 2.75) is 0 Å². The Bertz CT molecular complexity index is 533. The smallest absolute Gasteiger partial charge is 0.142 e. The lowest BCUT2D eigenvalue weighted by Crippen LogP contribution is -1.91. The normalized spacial score (nSPS) is 9.50. The number of fused-ring (bicyclic) bond motifs is 1. The molecule has 0 fully saturated rings. The monoisotopic (exact) mass is 230 g/mol. The fourth-order valence-corrected chi connectivity index (χ4v) is 1.50. The molecule has 2 aromatic heterocycles. The number of aromatic nitrogens is 3. The average Bonchev–Trinajstić information content (AvgIpc) is 2.87. The Morgan fingerprint density at radius 3 is 2.56 bits per heavy atom. The van der Waals surface area contributed by atoms with Crippen molar-refractivity contribution >= 4 is 28.2 Å². The molecule has 0 aliphatic rings. The first kappa shape index (κ1) is 10.5. The van der Waals surface area contributed by atoms with E-state index in [-0.39, 0.29) is 0 Å². The number of nitrogens with two attached hydrogens (primary N) is 1. The molecule has 0 saturated heterocycles. The fourth-order valence-electron chi connectivity index (χ4n) is 1.15. The van der Waals surface area contributed by atoms with Gasteiger partial charge in [0.2, 0.25) is 0 Å². The molecule has 0 aliphatic carbocycles. The first-order valence-electron chi connectivity index (χ1n) is 4.65. The third-order valence-electron chi connectivity index (χ3n) is 1.81. The summed E-state index contributed by atoms with van der Waals surface area (Å²) in [6.07, 6.45) is 3.33. The highest BCUT2D eigenvalue weighted by Gasteiger charge is 1.92. The van der Waals surface area contributed by atoms with Crippen LogP contribution < -0.4 is 5.73 Å². The van der Waals surface area contributed by atoms with E-state index in [4.69, 9.17) is 5.73 Å². The van der Waals surface area contributed by atoms with Gasteiger partial charge in [-0.1, -0.05) is 12.1 Å². The van der Waals surface area contributed by atoms with Crippen LogP contribution in [0.1, 0.15) is 0 Å². The number of hydrogen-bond donors (Lipinski definition) is 1. The van der Waals surface area contributed by atoms with Gasteiger partial charge in [-0.2, -0.15) is 0 Å². The largest absolute Gasteiger partial charge is 0.382 e. The van der Waals surface area contributed by atoms with Gasteiger partial charge in [0.25, 0.3) is 0 Å². The van der Waals surface area contributed by atoms with Crippen molar-refractivity contribution in [3.63, 3.8) is 0 Å². The molecule has 1 aromatic carbocycles. The Morgan fingerprint density at radius 1 is 1.12 bits per heavy atom. The van der Waals surface area contributed by atoms with E-state index in [2.05, 4.69) is 15.0 Å². The zero-order valence-electron chi connectivity index (χ0n) is 8.45. The number of thiazole rings is 1. The maximum Gasteiger partial charge on any atom is 0.142 e. The summed E-state index contributed by atoms with van der Waals surface area (Å²) in [7, 11) is 0. The van der Waals surface area contributed by atoms with Gasteiger partial charge in [0, 0.05) is 11.6 Å². The molecule has 0 bridgehead atoms. The van der Waals surface area contributed by atoms with Gasteiger partial charge in [-0.15, -0.1) is 11.3 Å². The van der Waals surface area contributed by atoms with Crippen molar-refractivity contribution in [3.8, 4) is 0 Å². The summed E-state index contributed by atoms with van der Waals surface area (Å²) in [5.74, 6) is 0.462. The van der Waals surface area contributed by atoms with Crippen LogP contribution in [0.2, 0.25) is 0 Å². The molecular weight excluding hydrogens is 220 g/mol. The van der Waals surface area contributed by atoms with E-state index in [1.54, 1.807) is 29.2 Å². The summed E-state index contributed by atoms with van der Waals surface area (Å²) in [5.41, 5.74) is 8.96. The van der Waals surface area contributed by atoms with Gasteiger partial charge in [0.05, 0.1) is 22.7 Å². The first-order valence-corrected chi connectivity index (χ1v) is 5.60. The van der Waals surface area contributed by atoms with Crippen molar-refractivity contribution in [2.75, 3.05) is 5.73 Å². The van der Waals surface area contributed by atoms with Crippen LogP contribution in [0, 0.1) is 0 Å². The van der Waals surface area contributed by atoms with Gasteiger partial charge in [-0.05, 0) is 12.1 Å². The van der Waals surface area contributed by atoms with E-state index >= 15 is 0 Å². The molecule has 0 radical (unpaired) electrons. The van der Waals surface area contributed by atoms with E-state index in [1.165, 1.54) is 0 Å². The SMILES string of the molecule is Nc1cnc2ccccc2n1.c1cscn1. The van der Waals surface area contributed by atoms with Crippen LogP contribution in [-0.4, -0.2) is 15.0 Å². The highest BCUT2D eigenvalue weighted by atomic mass is 32.1. The second kappa shape index (κ2) is 5.18. The quantitative estimate of drug-likeness (QED) is 0.644. The Labute approximate surface area is 96.8 Å². The fraction of sp³-hybridized carbons (Fsp3) is 0. The molecule has 2 heterocycles. The Hall–Kier alpha value is -2.01. The van der Waals surface area contributed by atoms with Crippen LogP contribution >= 0.6 is 11.3 Å².